The standard InChI is InChI=1S/C24H15Cl3N2O4/c25-17-10-19(27)18(26)9-16(17)20-6-5-15(32-20)11-28-29-24(30)23-12-31-21-7-13-3-1-2-4-14(13)8-22(21)33-23/h1-11,23H,12H2,(H,29,30). The molecule has 166 valence electrons. The van der Waals surface area contributed by atoms with Crippen LogP contribution in [-0.2, 0) is 4.79 Å². The summed E-state index contributed by atoms with van der Waals surface area (Å²) in [5, 5.41) is 7.09. The van der Waals surface area contributed by atoms with E-state index in [0.717, 1.165) is 10.8 Å². The Balaban J connectivity index is 1.24. The lowest BCUT2D eigenvalue weighted by Crippen LogP contribution is -2.42. The van der Waals surface area contributed by atoms with E-state index in [2.05, 4.69) is 10.5 Å². The fourth-order valence-electron chi connectivity index (χ4n) is 3.40. The van der Waals surface area contributed by atoms with E-state index in [4.69, 9.17) is 48.7 Å². The van der Waals surface area contributed by atoms with E-state index in [1.165, 1.54) is 6.21 Å². The number of furan rings is 1. The van der Waals surface area contributed by atoms with Crippen LogP contribution < -0.4 is 14.9 Å². The molecule has 0 saturated carbocycles. The topological polar surface area (TPSA) is 73.1 Å². The van der Waals surface area contributed by atoms with Crippen molar-refractivity contribution in [1.82, 2.24) is 5.43 Å². The van der Waals surface area contributed by atoms with Crippen LogP contribution in [0.1, 0.15) is 5.76 Å². The van der Waals surface area contributed by atoms with E-state index in [1.807, 2.05) is 36.4 Å². The molecule has 0 aliphatic carbocycles. The smallest absolute Gasteiger partial charge is 0.284 e. The molecule has 1 amide bonds. The minimum atomic E-state index is -0.835. The second-order valence-corrected chi connectivity index (χ2v) is 8.47. The number of amides is 1. The normalized spacial score (nSPS) is 15.2. The van der Waals surface area contributed by atoms with Gasteiger partial charge in [0.2, 0.25) is 6.10 Å². The number of carbonyl (C=O) groups excluding carboxylic acids is 1. The molecular weight excluding hydrogens is 487 g/mol. The summed E-state index contributed by atoms with van der Waals surface area (Å²) in [6.07, 6.45) is 0.538. The number of ether oxygens (including phenoxy) is 2. The van der Waals surface area contributed by atoms with Crippen LogP contribution in [0, 0.1) is 0 Å². The van der Waals surface area contributed by atoms with Gasteiger partial charge in [0, 0.05) is 5.56 Å². The van der Waals surface area contributed by atoms with E-state index in [0.29, 0.717) is 43.7 Å². The lowest BCUT2D eigenvalue weighted by Gasteiger charge is -2.25. The van der Waals surface area contributed by atoms with Gasteiger partial charge in [-0.2, -0.15) is 5.10 Å². The number of hydrazone groups is 1. The molecule has 4 aromatic rings. The molecule has 0 bridgehead atoms. The van der Waals surface area contributed by atoms with Gasteiger partial charge in [-0.05, 0) is 47.2 Å². The maximum atomic E-state index is 12.5. The van der Waals surface area contributed by atoms with Crippen LogP contribution in [0.15, 0.2) is 70.2 Å². The Bertz CT molecular complexity index is 1400. The fourth-order valence-corrected chi connectivity index (χ4v) is 4.04. The van der Waals surface area contributed by atoms with Gasteiger partial charge in [0.25, 0.3) is 5.91 Å². The Morgan fingerprint density at radius 2 is 1.67 bits per heavy atom. The summed E-state index contributed by atoms with van der Waals surface area (Å²) in [4.78, 5) is 12.5. The molecule has 0 radical (unpaired) electrons. The molecule has 0 spiro atoms. The SMILES string of the molecule is O=C(NN=Cc1ccc(-c2cc(Cl)c(Cl)cc2Cl)o1)C1COc2cc3ccccc3cc2O1. The fraction of sp³-hybridized carbons (Fsp3) is 0.0833. The number of fused-ring (bicyclic) bond motifs is 2. The average Bonchev–Trinajstić information content (AvgIpc) is 3.28. The monoisotopic (exact) mass is 500 g/mol. The number of hydrogen-bond acceptors (Lipinski definition) is 5. The molecule has 3 aromatic carbocycles. The van der Waals surface area contributed by atoms with Crippen molar-refractivity contribution in [1.29, 1.82) is 0 Å². The van der Waals surface area contributed by atoms with Crippen molar-refractivity contribution in [2.24, 2.45) is 5.10 Å². The van der Waals surface area contributed by atoms with E-state index in [9.17, 15) is 4.79 Å². The van der Waals surface area contributed by atoms with Crippen LogP contribution in [0.2, 0.25) is 15.1 Å². The zero-order valence-corrected chi connectivity index (χ0v) is 19.1. The van der Waals surface area contributed by atoms with Gasteiger partial charge in [-0.15, -0.1) is 0 Å². The first-order chi connectivity index (χ1) is 16.0. The third-order valence-electron chi connectivity index (χ3n) is 5.03. The van der Waals surface area contributed by atoms with E-state index in [1.54, 1.807) is 24.3 Å². The summed E-state index contributed by atoms with van der Waals surface area (Å²) in [6.45, 7) is 0.0768. The number of hydrogen-bond donors (Lipinski definition) is 1. The van der Waals surface area contributed by atoms with Crippen LogP contribution in [-0.4, -0.2) is 24.8 Å². The van der Waals surface area contributed by atoms with Gasteiger partial charge < -0.3 is 13.9 Å². The van der Waals surface area contributed by atoms with Crippen LogP contribution in [0.25, 0.3) is 22.1 Å². The third-order valence-corrected chi connectivity index (χ3v) is 6.07. The molecule has 1 N–H and O–H groups in total. The lowest BCUT2D eigenvalue weighted by molar-refractivity contribution is -0.130. The molecule has 0 saturated heterocycles. The minimum Gasteiger partial charge on any atom is -0.485 e. The van der Waals surface area contributed by atoms with Crippen LogP contribution in [0.4, 0.5) is 0 Å². The molecule has 1 aliphatic rings. The van der Waals surface area contributed by atoms with Gasteiger partial charge in [-0.25, -0.2) is 5.43 Å². The van der Waals surface area contributed by atoms with Crippen molar-refractivity contribution in [3.8, 4) is 22.8 Å². The Labute approximate surface area is 203 Å². The molecule has 5 rings (SSSR count). The molecule has 6 nitrogen and oxygen atoms in total. The summed E-state index contributed by atoms with van der Waals surface area (Å²) in [7, 11) is 0. The summed E-state index contributed by atoms with van der Waals surface area (Å²) in [5.41, 5.74) is 3.04. The Kier molecular flexibility index (Phi) is 5.89. The molecule has 1 atom stereocenters. The molecule has 9 heteroatoms. The van der Waals surface area contributed by atoms with Crippen molar-refractivity contribution < 1.29 is 18.7 Å². The Morgan fingerprint density at radius 3 is 2.45 bits per heavy atom. The summed E-state index contributed by atoms with van der Waals surface area (Å²) in [6, 6.07) is 18.2. The third kappa shape index (κ3) is 4.50. The van der Waals surface area contributed by atoms with E-state index < -0.39 is 12.0 Å². The first-order valence-electron chi connectivity index (χ1n) is 9.88. The highest BCUT2D eigenvalue weighted by Gasteiger charge is 2.27. The lowest BCUT2D eigenvalue weighted by atomic mass is 10.1. The molecule has 1 unspecified atom stereocenters. The van der Waals surface area contributed by atoms with Gasteiger partial charge in [-0.1, -0.05) is 59.1 Å². The average molecular weight is 502 g/mol. The minimum absolute atomic E-state index is 0.0768. The van der Waals surface area contributed by atoms with Crippen LogP contribution in [0.3, 0.4) is 0 Å². The highest BCUT2D eigenvalue weighted by molar-refractivity contribution is 6.44. The highest BCUT2D eigenvalue weighted by Crippen LogP contribution is 2.37. The van der Waals surface area contributed by atoms with Gasteiger partial charge in [0.1, 0.15) is 18.1 Å². The van der Waals surface area contributed by atoms with Gasteiger partial charge >= 0.3 is 0 Å². The van der Waals surface area contributed by atoms with Crippen molar-refractivity contribution >= 4 is 57.7 Å². The van der Waals surface area contributed by atoms with Crippen molar-refractivity contribution in [3.63, 3.8) is 0 Å². The van der Waals surface area contributed by atoms with Crippen molar-refractivity contribution in [2.75, 3.05) is 6.61 Å². The second kappa shape index (κ2) is 8.98. The van der Waals surface area contributed by atoms with Gasteiger partial charge in [0.05, 0.1) is 21.3 Å². The quantitative estimate of drug-likeness (QED) is 0.201. The summed E-state index contributed by atoms with van der Waals surface area (Å²) >= 11 is 18.3. The number of nitrogens with zero attached hydrogens (tertiary/aromatic N) is 1. The van der Waals surface area contributed by atoms with Crippen molar-refractivity contribution in [3.05, 3.63) is 81.5 Å². The van der Waals surface area contributed by atoms with Gasteiger partial charge in [-0.3, -0.25) is 4.79 Å². The molecule has 0 fully saturated rings. The maximum Gasteiger partial charge on any atom is 0.284 e. The first-order valence-corrected chi connectivity index (χ1v) is 11.0. The zero-order chi connectivity index (χ0) is 22.9. The zero-order valence-electron chi connectivity index (χ0n) is 16.8. The number of halogens is 3. The maximum absolute atomic E-state index is 12.5. The predicted molar refractivity (Wildman–Crippen MR) is 129 cm³/mol. The molecule has 1 aromatic heterocycles. The Hall–Kier alpha value is -3.19. The number of carbonyl (C=O) groups is 1. The van der Waals surface area contributed by atoms with E-state index >= 15 is 0 Å². The highest BCUT2D eigenvalue weighted by atomic mass is 35.5. The van der Waals surface area contributed by atoms with Gasteiger partial charge in [0.15, 0.2) is 11.5 Å². The summed E-state index contributed by atoms with van der Waals surface area (Å²) < 4.78 is 17.3. The number of nitrogens with one attached hydrogen (secondary N) is 1. The number of benzene rings is 3. The second-order valence-electron chi connectivity index (χ2n) is 7.25. The molecule has 33 heavy (non-hydrogen) atoms. The molecule has 2 heterocycles. The predicted octanol–water partition coefficient (Wildman–Crippen LogP) is 6.35. The summed E-state index contributed by atoms with van der Waals surface area (Å²) in [5.74, 6) is 1.57. The Morgan fingerprint density at radius 1 is 0.939 bits per heavy atom. The molecular formula is C24H15Cl3N2O4. The first kappa shape index (κ1) is 21.6. The largest absolute Gasteiger partial charge is 0.485 e. The van der Waals surface area contributed by atoms with Crippen LogP contribution >= 0.6 is 34.8 Å². The van der Waals surface area contributed by atoms with E-state index in [-0.39, 0.29) is 6.61 Å². The molecule has 1 aliphatic heterocycles. The number of rotatable bonds is 4. The van der Waals surface area contributed by atoms with Crippen molar-refractivity contribution in [2.45, 2.75) is 6.10 Å². The van der Waals surface area contributed by atoms with Crippen LogP contribution in [0.5, 0.6) is 11.5 Å².